The van der Waals surface area contributed by atoms with E-state index in [0.29, 0.717) is 11.5 Å². The highest BCUT2D eigenvalue weighted by Crippen LogP contribution is 2.59. The fraction of sp³-hybridized carbons (Fsp3) is 0.200. The van der Waals surface area contributed by atoms with Gasteiger partial charge in [0.15, 0.2) is 17.1 Å². The largest absolute Gasteiger partial charge is 0.497 e. The summed E-state index contributed by atoms with van der Waals surface area (Å²) in [5.41, 5.74) is 10.3. The van der Waals surface area contributed by atoms with E-state index in [1.54, 1.807) is 28.4 Å². The molecule has 0 atom stereocenters. The van der Waals surface area contributed by atoms with E-state index in [1.165, 1.54) is 38.9 Å². The summed E-state index contributed by atoms with van der Waals surface area (Å²) in [6.07, 6.45) is 4.46. The molecule has 8 heteroatoms. The lowest BCUT2D eigenvalue weighted by molar-refractivity contribution is 0.163. The van der Waals surface area contributed by atoms with Gasteiger partial charge in [0.05, 0.1) is 28.4 Å². The second kappa shape index (κ2) is 13.7. The topological polar surface area (TPSA) is 46.2 Å². The Morgan fingerprint density at radius 1 is 0.604 bits per heavy atom. The maximum atomic E-state index is 7.51. The van der Waals surface area contributed by atoms with Crippen LogP contribution in [0, 0.1) is 0 Å². The highest BCUT2D eigenvalue weighted by Gasteiger charge is 2.44. The third-order valence-electron chi connectivity index (χ3n) is 10.7. The molecule has 268 valence electrons. The molecule has 6 aromatic carbocycles. The monoisotopic (exact) mass is 1040 g/mol. The van der Waals surface area contributed by atoms with E-state index in [4.69, 9.17) is 23.7 Å². The van der Waals surface area contributed by atoms with E-state index in [9.17, 15) is 0 Å². The Morgan fingerprint density at radius 3 is 1.68 bits per heavy atom. The maximum Gasteiger partial charge on any atom is 0.178 e. The van der Waals surface area contributed by atoms with Crippen LogP contribution in [0.3, 0.4) is 0 Å². The molecule has 0 fully saturated rings. The number of halogens is 3. The minimum Gasteiger partial charge on any atom is -0.497 e. The molecule has 2 aliphatic rings. The van der Waals surface area contributed by atoms with Crippen LogP contribution in [0.25, 0.3) is 39.1 Å². The normalized spacial score (nSPS) is 14.9. The Labute approximate surface area is 351 Å². The summed E-state index contributed by atoms with van der Waals surface area (Å²) in [6.45, 7) is 4.66. The minimum atomic E-state index is -0.944. The number of hydrogen-bond acceptors (Lipinski definition) is 5. The first-order chi connectivity index (χ1) is 25.4. The van der Waals surface area contributed by atoms with Gasteiger partial charge in [0.25, 0.3) is 0 Å². The molecule has 0 aromatic heterocycles. The molecule has 53 heavy (non-hydrogen) atoms. The van der Waals surface area contributed by atoms with Gasteiger partial charge in [-0.2, -0.15) is 0 Å². The van der Waals surface area contributed by atoms with E-state index < -0.39 is 5.60 Å². The summed E-state index contributed by atoms with van der Waals surface area (Å²) < 4.78 is 30.4. The van der Waals surface area contributed by atoms with Crippen LogP contribution in [0.4, 0.5) is 0 Å². The third kappa shape index (κ3) is 5.98. The first kappa shape index (κ1) is 36.5. The van der Waals surface area contributed by atoms with Crippen LogP contribution < -0.4 is 23.7 Å². The molecule has 0 saturated heterocycles. The van der Waals surface area contributed by atoms with E-state index in [2.05, 4.69) is 173 Å². The molecule has 0 radical (unpaired) electrons. The van der Waals surface area contributed by atoms with Crippen molar-refractivity contribution in [3.05, 3.63) is 143 Å². The number of fused-ring (bicyclic) bond motifs is 8. The molecule has 6 aromatic rings. The minimum absolute atomic E-state index is 0.00515. The smallest absolute Gasteiger partial charge is 0.178 e. The second-order valence-corrected chi connectivity index (χ2v) is 24.9. The summed E-state index contributed by atoms with van der Waals surface area (Å²) in [7, 11) is 6.73. The van der Waals surface area contributed by atoms with Crippen LogP contribution in [0.15, 0.2) is 109 Å². The predicted octanol–water partition coefficient (Wildman–Crippen LogP) is 12.6. The first-order valence-corrected chi connectivity index (χ1v) is 20.4. The lowest BCUT2D eigenvalue weighted by Gasteiger charge is -2.38. The van der Waals surface area contributed by atoms with Crippen molar-refractivity contribution in [3.8, 4) is 51.0 Å². The SMILES string of the molecule is COc1ccc(C2(c3ccc(OC)cc3)C=Cc3c4c(c5cc(OC)c(OC)cc5c3O2)-c2ccc(-c3ccc(C(I)(I)I)cc3)cc2C4(C)C)cc1. The number of alkyl halides is 3. The molecule has 0 saturated carbocycles. The van der Waals surface area contributed by atoms with Crippen molar-refractivity contribution < 1.29 is 23.7 Å². The Kier molecular flexibility index (Phi) is 9.41. The molecule has 0 unspecified atom stereocenters. The van der Waals surface area contributed by atoms with Crippen molar-refractivity contribution >= 4 is 84.6 Å². The van der Waals surface area contributed by atoms with E-state index in [0.717, 1.165) is 44.7 Å². The zero-order valence-corrected chi connectivity index (χ0v) is 36.6. The number of ether oxygens (including phenoxy) is 5. The fourth-order valence-corrected chi connectivity index (χ4v) is 9.07. The van der Waals surface area contributed by atoms with Gasteiger partial charge in [0, 0.05) is 27.5 Å². The molecule has 1 heterocycles. The van der Waals surface area contributed by atoms with E-state index in [1.807, 2.05) is 24.3 Å². The molecule has 1 aliphatic carbocycles. The van der Waals surface area contributed by atoms with Gasteiger partial charge < -0.3 is 23.7 Å². The average Bonchev–Trinajstić information content (AvgIpc) is 3.42. The lowest BCUT2D eigenvalue weighted by atomic mass is 9.76. The molecule has 0 bridgehead atoms. The highest BCUT2D eigenvalue weighted by molar-refractivity contribution is 14.3. The van der Waals surface area contributed by atoms with Gasteiger partial charge >= 0.3 is 0 Å². The lowest BCUT2D eigenvalue weighted by Crippen LogP contribution is -2.35. The maximum absolute atomic E-state index is 7.51. The number of rotatable bonds is 8. The standard InChI is InChI=1S/C45H37I3O5/c1-43(2)37-23-27(26-7-10-30(11-8-26)45(46,47)48)9-20-33(37)40-35-24-38(51-5)39(52-6)25-36(35)42-34(41(40)43)21-22-44(53-42,28-12-16-31(49-3)17-13-28)29-14-18-32(50-4)19-15-29/h7-25H,1-6H3. The van der Waals surface area contributed by atoms with Gasteiger partial charge in [-0.1, -0.05) is 80.6 Å². The summed E-state index contributed by atoms with van der Waals surface area (Å²) in [4.78, 5) is 0. The van der Waals surface area contributed by atoms with Crippen LogP contribution in [-0.4, -0.2) is 28.4 Å². The number of methoxy groups -OCH3 is 4. The molecular weight excluding hydrogens is 1000 g/mol. The van der Waals surface area contributed by atoms with Crippen molar-refractivity contribution in [3.63, 3.8) is 0 Å². The Morgan fingerprint density at radius 2 is 1.15 bits per heavy atom. The Hall–Kier alpha value is -3.49. The molecule has 0 N–H and O–H groups in total. The van der Waals surface area contributed by atoms with Gasteiger partial charge in [0.2, 0.25) is 0 Å². The summed E-state index contributed by atoms with van der Waals surface area (Å²) >= 11 is 7.43. The summed E-state index contributed by atoms with van der Waals surface area (Å²) in [6, 6.07) is 36.3. The highest BCUT2D eigenvalue weighted by atomic mass is 127. The molecule has 5 nitrogen and oxygen atoms in total. The fourth-order valence-electron chi connectivity index (χ4n) is 7.99. The molecule has 0 amide bonds. The van der Waals surface area contributed by atoms with Gasteiger partial charge in [-0.05, 0) is 161 Å². The average molecular weight is 1040 g/mol. The van der Waals surface area contributed by atoms with Crippen LogP contribution in [0.5, 0.6) is 28.7 Å². The zero-order chi connectivity index (χ0) is 37.3. The molecule has 1 aliphatic heterocycles. The first-order valence-electron chi connectivity index (χ1n) is 17.2. The second-order valence-electron chi connectivity index (χ2n) is 13.8. The van der Waals surface area contributed by atoms with Crippen molar-refractivity contribution in [1.29, 1.82) is 0 Å². The zero-order valence-electron chi connectivity index (χ0n) is 30.1. The van der Waals surface area contributed by atoms with Crippen LogP contribution in [0.1, 0.15) is 47.2 Å². The number of hydrogen-bond donors (Lipinski definition) is 0. The van der Waals surface area contributed by atoms with Crippen molar-refractivity contribution in [1.82, 2.24) is 0 Å². The summed E-state index contributed by atoms with van der Waals surface area (Å²) in [5, 5.41) is 2.01. The van der Waals surface area contributed by atoms with Crippen molar-refractivity contribution in [2.24, 2.45) is 0 Å². The predicted molar refractivity (Wildman–Crippen MR) is 240 cm³/mol. The van der Waals surface area contributed by atoms with Gasteiger partial charge in [-0.15, -0.1) is 0 Å². The van der Waals surface area contributed by atoms with Gasteiger partial charge in [-0.25, -0.2) is 0 Å². The van der Waals surface area contributed by atoms with E-state index >= 15 is 0 Å². The van der Waals surface area contributed by atoms with Crippen LogP contribution in [-0.2, 0) is 10.5 Å². The van der Waals surface area contributed by atoms with Gasteiger partial charge in [0.1, 0.15) is 16.7 Å². The Bertz CT molecular complexity index is 2360. The van der Waals surface area contributed by atoms with Crippen molar-refractivity contribution in [2.75, 3.05) is 28.4 Å². The Balaban J connectivity index is 1.38. The summed E-state index contributed by atoms with van der Waals surface area (Å²) in [5.74, 6) is 3.67. The van der Waals surface area contributed by atoms with Crippen LogP contribution in [0.2, 0.25) is 0 Å². The molecular formula is C45H37I3O5. The molecule has 8 rings (SSSR count). The van der Waals surface area contributed by atoms with Crippen molar-refractivity contribution in [2.45, 2.75) is 24.3 Å². The number of benzene rings is 6. The molecule has 0 spiro atoms. The van der Waals surface area contributed by atoms with Gasteiger partial charge in [-0.3, -0.25) is 0 Å². The third-order valence-corrected chi connectivity index (χ3v) is 12.6. The van der Waals surface area contributed by atoms with E-state index in [-0.39, 0.29) is 4.85 Å². The van der Waals surface area contributed by atoms with Crippen LogP contribution >= 0.6 is 67.8 Å². The quantitative estimate of drug-likeness (QED) is 0.112.